The summed E-state index contributed by atoms with van der Waals surface area (Å²) in [4.78, 5) is 1.11. The topological polar surface area (TPSA) is 46.2 Å². The molecule has 0 radical (unpaired) electrons. The maximum absolute atomic E-state index is 12.4. The number of thiophene rings is 2. The molecule has 0 saturated carbocycles. The lowest BCUT2D eigenvalue weighted by Gasteiger charge is -2.24. The molecule has 110 valence electrons. The van der Waals surface area contributed by atoms with Crippen LogP contribution in [-0.2, 0) is 14.8 Å². The molecule has 0 fully saturated rings. The first-order valence-corrected chi connectivity index (χ1v) is 9.80. The molecule has 0 aromatic carbocycles. The van der Waals surface area contributed by atoms with Gasteiger partial charge < -0.3 is 0 Å². The summed E-state index contributed by atoms with van der Waals surface area (Å²) >= 11 is 3.23. The van der Waals surface area contributed by atoms with Crippen LogP contribution >= 0.6 is 22.7 Å². The molecule has 2 aromatic rings. The van der Waals surface area contributed by atoms with E-state index >= 15 is 0 Å². The van der Waals surface area contributed by atoms with Crippen molar-refractivity contribution in [1.29, 1.82) is 0 Å². The highest BCUT2D eigenvalue weighted by atomic mass is 32.2. The average molecular weight is 330 g/mol. The molecular weight excluding hydrogens is 310 g/mol. The van der Waals surface area contributed by atoms with Gasteiger partial charge in [0.25, 0.3) is 0 Å². The zero-order chi connectivity index (χ0) is 14.8. The molecule has 3 nitrogen and oxygen atoms in total. The summed E-state index contributed by atoms with van der Waals surface area (Å²) in [5.74, 6) is 0. The minimum Gasteiger partial charge on any atom is -0.214 e. The summed E-state index contributed by atoms with van der Waals surface area (Å²) in [5.41, 5.74) is 1.99. The lowest BCUT2D eigenvalue weighted by atomic mass is 10.1. The Labute approximate surface area is 128 Å². The van der Waals surface area contributed by atoms with Crippen molar-refractivity contribution in [2.24, 2.45) is 0 Å². The van der Waals surface area contributed by atoms with Gasteiger partial charge in [0.1, 0.15) is 4.75 Å². The Kier molecular flexibility index (Phi) is 4.69. The van der Waals surface area contributed by atoms with Crippen LogP contribution in [0.3, 0.4) is 0 Å². The van der Waals surface area contributed by atoms with Crippen molar-refractivity contribution < 1.29 is 8.42 Å². The minimum atomic E-state index is -3.37. The molecule has 0 unspecified atom stereocenters. The Hall–Kier alpha value is -0.690. The minimum absolute atomic E-state index is 0.479. The van der Waals surface area contributed by atoms with Crippen LogP contribution in [-0.4, -0.2) is 15.0 Å². The summed E-state index contributed by atoms with van der Waals surface area (Å²) in [6, 6.07) is 4.04. The van der Waals surface area contributed by atoms with Crippen molar-refractivity contribution >= 4 is 32.7 Å². The van der Waals surface area contributed by atoms with Gasteiger partial charge in [-0.25, -0.2) is 13.1 Å². The van der Waals surface area contributed by atoms with Gasteiger partial charge in [0.05, 0.1) is 0 Å². The molecule has 0 aliphatic rings. The van der Waals surface area contributed by atoms with Crippen molar-refractivity contribution in [2.75, 3.05) is 6.54 Å². The van der Waals surface area contributed by atoms with Crippen molar-refractivity contribution in [2.45, 2.75) is 31.9 Å². The van der Waals surface area contributed by atoms with Crippen LogP contribution in [0.25, 0.3) is 10.4 Å². The first-order valence-electron chi connectivity index (χ1n) is 6.49. The number of sulfonamides is 1. The second kappa shape index (κ2) is 5.97. The van der Waals surface area contributed by atoms with E-state index in [0.717, 1.165) is 22.4 Å². The van der Waals surface area contributed by atoms with Gasteiger partial charge in [-0.05, 0) is 54.1 Å². The Balaban J connectivity index is 2.30. The van der Waals surface area contributed by atoms with Crippen molar-refractivity contribution in [1.82, 2.24) is 4.72 Å². The molecule has 2 rings (SSSR count). The molecule has 2 heterocycles. The van der Waals surface area contributed by atoms with E-state index in [1.54, 1.807) is 36.5 Å². The van der Waals surface area contributed by atoms with Crippen LogP contribution in [0.5, 0.6) is 0 Å². The van der Waals surface area contributed by atoms with Gasteiger partial charge in [-0.15, -0.1) is 11.3 Å². The number of rotatable bonds is 6. The maximum atomic E-state index is 12.4. The van der Waals surface area contributed by atoms with Gasteiger partial charge in [0, 0.05) is 17.0 Å². The van der Waals surface area contributed by atoms with E-state index in [4.69, 9.17) is 0 Å². The van der Waals surface area contributed by atoms with Crippen LogP contribution in [0.1, 0.15) is 32.8 Å². The van der Waals surface area contributed by atoms with Gasteiger partial charge in [0.2, 0.25) is 10.0 Å². The molecule has 0 aliphatic carbocycles. The second-order valence-corrected chi connectivity index (χ2v) is 9.13. The van der Waals surface area contributed by atoms with Crippen LogP contribution in [0.2, 0.25) is 0 Å². The highest BCUT2D eigenvalue weighted by molar-refractivity contribution is 7.90. The summed E-state index contributed by atoms with van der Waals surface area (Å²) < 4.78 is 26.6. The summed E-state index contributed by atoms with van der Waals surface area (Å²) in [6.45, 7) is 5.94. The fourth-order valence-electron chi connectivity index (χ4n) is 1.78. The van der Waals surface area contributed by atoms with E-state index < -0.39 is 14.8 Å². The fraction of sp³-hybridized carbons (Fsp3) is 0.429. The van der Waals surface area contributed by atoms with Crippen molar-refractivity contribution in [3.63, 3.8) is 0 Å². The molecule has 0 amide bonds. The highest BCUT2D eigenvalue weighted by Gasteiger charge is 2.36. The van der Waals surface area contributed by atoms with E-state index in [2.05, 4.69) is 16.2 Å². The average Bonchev–Trinajstić information content (AvgIpc) is 3.05. The summed E-state index contributed by atoms with van der Waals surface area (Å²) in [6.07, 6.45) is 0.791. The fourth-order valence-corrected chi connectivity index (χ4v) is 4.92. The van der Waals surface area contributed by atoms with Gasteiger partial charge in [-0.2, -0.15) is 11.3 Å². The molecule has 2 aromatic heterocycles. The van der Waals surface area contributed by atoms with Gasteiger partial charge in [0.15, 0.2) is 0 Å². The lowest BCUT2D eigenvalue weighted by Crippen LogP contribution is -2.39. The Morgan fingerprint density at radius 1 is 1.30 bits per heavy atom. The van der Waals surface area contributed by atoms with E-state index in [9.17, 15) is 8.42 Å². The molecular formula is C14H19NO2S3. The van der Waals surface area contributed by atoms with Crippen LogP contribution in [0.4, 0.5) is 0 Å². The second-order valence-electron chi connectivity index (χ2n) is 5.12. The lowest BCUT2D eigenvalue weighted by molar-refractivity contribution is 0.539. The van der Waals surface area contributed by atoms with E-state index in [0.29, 0.717) is 6.54 Å². The normalized spacial score (nSPS) is 12.8. The van der Waals surface area contributed by atoms with Crippen molar-refractivity contribution in [3.05, 3.63) is 33.8 Å². The number of hydrogen-bond acceptors (Lipinski definition) is 4. The predicted molar refractivity (Wildman–Crippen MR) is 87.9 cm³/mol. The van der Waals surface area contributed by atoms with E-state index in [-0.39, 0.29) is 0 Å². The molecule has 6 heteroatoms. The smallest absolute Gasteiger partial charge is 0.214 e. The van der Waals surface area contributed by atoms with Gasteiger partial charge >= 0.3 is 0 Å². The molecule has 0 atom stereocenters. The molecule has 20 heavy (non-hydrogen) atoms. The number of hydrogen-bond donors (Lipinski definition) is 1. The van der Waals surface area contributed by atoms with Crippen LogP contribution in [0, 0.1) is 0 Å². The van der Waals surface area contributed by atoms with Crippen molar-refractivity contribution in [3.8, 4) is 10.4 Å². The quantitative estimate of drug-likeness (QED) is 0.869. The Morgan fingerprint density at radius 2 is 2.05 bits per heavy atom. The maximum Gasteiger partial charge on any atom is 0.221 e. The first-order chi connectivity index (χ1) is 9.38. The molecule has 0 saturated heterocycles. The zero-order valence-corrected chi connectivity index (χ0v) is 14.3. The predicted octanol–water partition coefficient (Wildman–Crippen LogP) is 4.04. The summed E-state index contributed by atoms with van der Waals surface area (Å²) in [5, 5.41) is 6.05. The molecule has 1 N–H and O–H groups in total. The third-order valence-corrected chi connectivity index (χ3v) is 7.14. The third-order valence-electron chi connectivity index (χ3n) is 3.31. The third kappa shape index (κ3) is 2.98. The standard InChI is InChI=1S/C14H19NO2S3/c1-4-6-15-20(16,17)14(2,3)12-8-13(19-10-12)11-5-7-18-9-11/h5,7-10,15H,4,6H2,1-3H3. The molecule has 0 bridgehead atoms. The first kappa shape index (κ1) is 15.7. The Bertz CT molecular complexity index is 654. The van der Waals surface area contributed by atoms with Crippen LogP contribution in [0.15, 0.2) is 28.3 Å². The van der Waals surface area contributed by atoms with Crippen LogP contribution < -0.4 is 4.72 Å². The zero-order valence-electron chi connectivity index (χ0n) is 11.8. The number of nitrogens with one attached hydrogen (secondary N) is 1. The largest absolute Gasteiger partial charge is 0.221 e. The summed E-state index contributed by atoms with van der Waals surface area (Å²) in [7, 11) is -3.37. The van der Waals surface area contributed by atoms with E-state index in [1.165, 1.54) is 0 Å². The van der Waals surface area contributed by atoms with Gasteiger partial charge in [-0.1, -0.05) is 6.92 Å². The SMILES string of the molecule is CCCNS(=O)(=O)C(C)(C)c1csc(-c2ccsc2)c1. The van der Waals surface area contributed by atoms with Gasteiger partial charge in [-0.3, -0.25) is 0 Å². The highest BCUT2D eigenvalue weighted by Crippen LogP contribution is 2.36. The van der Waals surface area contributed by atoms with E-state index in [1.807, 2.05) is 23.8 Å². The Morgan fingerprint density at radius 3 is 2.65 bits per heavy atom. The molecule has 0 aliphatic heterocycles. The monoisotopic (exact) mass is 329 g/mol. The molecule has 0 spiro atoms.